The molecule has 1 amide bonds. The van der Waals surface area contributed by atoms with Gasteiger partial charge >= 0.3 is 6.09 Å². The van der Waals surface area contributed by atoms with Gasteiger partial charge in [0.05, 0.1) is 5.02 Å². The molecule has 0 aliphatic carbocycles. The summed E-state index contributed by atoms with van der Waals surface area (Å²) in [6, 6.07) is 1.54. The Bertz CT molecular complexity index is 447. The van der Waals surface area contributed by atoms with Crippen molar-refractivity contribution in [2.45, 2.75) is 39.2 Å². The number of nitrogens with one attached hydrogen (secondary N) is 1. The summed E-state index contributed by atoms with van der Waals surface area (Å²) in [5.74, 6) is -0.526. The van der Waals surface area contributed by atoms with Crippen molar-refractivity contribution in [3.63, 3.8) is 0 Å². The van der Waals surface area contributed by atoms with E-state index in [1.54, 1.807) is 20.8 Å². The third kappa shape index (κ3) is 6.38. The van der Waals surface area contributed by atoms with E-state index >= 15 is 0 Å². The molecule has 0 atom stereocenters. The highest BCUT2D eigenvalue weighted by Gasteiger charge is 2.15. The molecule has 0 saturated carbocycles. The van der Waals surface area contributed by atoms with Crippen LogP contribution in [0, 0.1) is 5.95 Å². The summed E-state index contributed by atoms with van der Waals surface area (Å²) < 4.78 is 18.4. The Hall–Kier alpha value is -1.36. The summed E-state index contributed by atoms with van der Waals surface area (Å²) in [4.78, 5) is 14.9. The molecular formula is C13H18ClFN2O2. The highest BCUT2D eigenvalue weighted by molar-refractivity contribution is 6.30. The van der Waals surface area contributed by atoms with Crippen LogP contribution in [0.15, 0.2) is 12.3 Å². The maximum Gasteiger partial charge on any atom is 0.407 e. The lowest BCUT2D eigenvalue weighted by atomic mass is 10.1. The second kappa shape index (κ2) is 6.70. The van der Waals surface area contributed by atoms with Crippen molar-refractivity contribution < 1.29 is 13.9 Å². The van der Waals surface area contributed by atoms with Crippen LogP contribution in [0.3, 0.4) is 0 Å². The predicted molar refractivity (Wildman–Crippen MR) is 71.8 cm³/mol. The van der Waals surface area contributed by atoms with Gasteiger partial charge in [0.15, 0.2) is 0 Å². The highest BCUT2D eigenvalue weighted by Crippen LogP contribution is 2.13. The van der Waals surface area contributed by atoms with Gasteiger partial charge in [0.1, 0.15) is 5.60 Å². The van der Waals surface area contributed by atoms with E-state index in [1.807, 2.05) is 0 Å². The summed E-state index contributed by atoms with van der Waals surface area (Å²) in [5.41, 5.74) is -0.0777. The number of carbonyl (C=O) groups is 1. The molecule has 1 N–H and O–H groups in total. The van der Waals surface area contributed by atoms with Crippen LogP contribution >= 0.6 is 11.6 Å². The zero-order chi connectivity index (χ0) is 14.5. The molecule has 0 fully saturated rings. The number of hydrogen-bond acceptors (Lipinski definition) is 3. The van der Waals surface area contributed by atoms with Crippen LogP contribution in [0.5, 0.6) is 0 Å². The monoisotopic (exact) mass is 288 g/mol. The molecule has 0 aliphatic heterocycles. The van der Waals surface area contributed by atoms with E-state index in [-0.39, 0.29) is 0 Å². The molecule has 0 radical (unpaired) electrons. The van der Waals surface area contributed by atoms with Gasteiger partial charge in [-0.25, -0.2) is 9.78 Å². The topological polar surface area (TPSA) is 51.2 Å². The molecule has 0 aromatic carbocycles. The lowest BCUT2D eigenvalue weighted by Gasteiger charge is -2.19. The first-order chi connectivity index (χ1) is 8.78. The third-order valence-corrected chi connectivity index (χ3v) is 2.38. The fourth-order valence-corrected chi connectivity index (χ4v) is 1.60. The minimum Gasteiger partial charge on any atom is -0.444 e. The molecule has 0 spiro atoms. The van der Waals surface area contributed by atoms with E-state index in [1.165, 1.54) is 12.3 Å². The average molecular weight is 289 g/mol. The van der Waals surface area contributed by atoms with Gasteiger partial charge in [0, 0.05) is 18.3 Å². The first kappa shape index (κ1) is 15.7. The zero-order valence-corrected chi connectivity index (χ0v) is 12.1. The van der Waals surface area contributed by atoms with Crippen molar-refractivity contribution in [1.29, 1.82) is 0 Å². The normalized spacial score (nSPS) is 11.2. The number of amides is 1. The number of carbonyl (C=O) groups excluding carboxylic acids is 1. The molecule has 0 saturated heterocycles. The Morgan fingerprint density at radius 2 is 2.21 bits per heavy atom. The van der Waals surface area contributed by atoms with Crippen LogP contribution in [0.25, 0.3) is 0 Å². The quantitative estimate of drug-likeness (QED) is 0.683. The second-order valence-electron chi connectivity index (χ2n) is 5.14. The van der Waals surface area contributed by atoms with Gasteiger partial charge in [0.2, 0.25) is 5.95 Å². The number of rotatable bonds is 4. The number of aromatic nitrogens is 1. The van der Waals surface area contributed by atoms with Crippen molar-refractivity contribution in [1.82, 2.24) is 10.3 Å². The van der Waals surface area contributed by atoms with Gasteiger partial charge in [-0.3, -0.25) is 0 Å². The fourth-order valence-electron chi connectivity index (χ4n) is 1.42. The van der Waals surface area contributed by atoms with E-state index in [4.69, 9.17) is 16.3 Å². The zero-order valence-electron chi connectivity index (χ0n) is 11.3. The minimum atomic E-state index is -0.526. The molecule has 106 valence electrons. The standard InChI is InChI=1S/C13H18ClFN2O2/c1-13(2,3)19-12(18)16-6-4-5-9-7-10(14)8-17-11(9)15/h7-8H,4-6H2,1-3H3,(H,16,18). The number of nitrogens with zero attached hydrogens (tertiary/aromatic N) is 1. The number of ether oxygens (including phenoxy) is 1. The number of pyridine rings is 1. The summed E-state index contributed by atoms with van der Waals surface area (Å²) in [6.07, 6.45) is 1.82. The molecule has 0 bridgehead atoms. The number of aryl methyl sites for hydroxylation is 1. The summed E-state index contributed by atoms with van der Waals surface area (Å²) in [5, 5.41) is 3.01. The van der Waals surface area contributed by atoms with Crippen LogP contribution < -0.4 is 5.32 Å². The van der Waals surface area contributed by atoms with Gasteiger partial charge < -0.3 is 10.1 Å². The van der Waals surface area contributed by atoms with E-state index in [0.29, 0.717) is 30.0 Å². The van der Waals surface area contributed by atoms with Gasteiger partial charge in [-0.15, -0.1) is 0 Å². The van der Waals surface area contributed by atoms with Crippen molar-refractivity contribution in [3.8, 4) is 0 Å². The molecular weight excluding hydrogens is 271 g/mol. The summed E-state index contributed by atoms with van der Waals surface area (Å²) in [6.45, 7) is 5.78. The largest absolute Gasteiger partial charge is 0.444 e. The Labute approximate surface area is 117 Å². The Balaban J connectivity index is 2.31. The van der Waals surface area contributed by atoms with E-state index in [2.05, 4.69) is 10.3 Å². The van der Waals surface area contributed by atoms with E-state index in [9.17, 15) is 9.18 Å². The van der Waals surface area contributed by atoms with Crippen LogP contribution in [-0.2, 0) is 11.2 Å². The molecule has 1 aromatic rings. The van der Waals surface area contributed by atoms with Crippen LogP contribution in [0.2, 0.25) is 5.02 Å². The number of hydrogen-bond donors (Lipinski definition) is 1. The fraction of sp³-hybridized carbons (Fsp3) is 0.538. The van der Waals surface area contributed by atoms with Crippen LogP contribution in [0.4, 0.5) is 9.18 Å². The van der Waals surface area contributed by atoms with Gasteiger partial charge in [0.25, 0.3) is 0 Å². The van der Waals surface area contributed by atoms with Crippen molar-refractivity contribution in [2.75, 3.05) is 6.54 Å². The Morgan fingerprint density at radius 3 is 2.84 bits per heavy atom. The van der Waals surface area contributed by atoms with Crippen molar-refractivity contribution in [2.24, 2.45) is 0 Å². The molecule has 0 aliphatic rings. The third-order valence-electron chi connectivity index (χ3n) is 2.17. The van der Waals surface area contributed by atoms with Gasteiger partial charge in [-0.1, -0.05) is 11.6 Å². The van der Waals surface area contributed by atoms with E-state index in [0.717, 1.165) is 0 Å². The Morgan fingerprint density at radius 1 is 1.53 bits per heavy atom. The average Bonchev–Trinajstić information content (AvgIpc) is 2.26. The molecule has 1 aromatic heterocycles. The Kier molecular flexibility index (Phi) is 5.54. The highest BCUT2D eigenvalue weighted by atomic mass is 35.5. The maximum atomic E-state index is 13.3. The molecule has 19 heavy (non-hydrogen) atoms. The molecule has 1 heterocycles. The lowest BCUT2D eigenvalue weighted by molar-refractivity contribution is 0.0527. The molecule has 4 nitrogen and oxygen atoms in total. The predicted octanol–water partition coefficient (Wildman–Crippen LogP) is 3.33. The second-order valence-corrected chi connectivity index (χ2v) is 5.57. The minimum absolute atomic E-state index is 0.400. The first-order valence-corrected chi connectivity index (χ1v) is 6.42. The summed E-state index contributed by atoms with van der Waals surface area (Å²) >= 11 is 5.73. The van der Waals surface area contributed by atoms with E-state index < -0.39 is 17.6 Å². The molecule has 1 rings (SSSR count). The molecule has 0 unspecified atom stereocenters. The number of halogens is 2. The SMILES string of the molecule is CC(C)(C)OC(=O)NCCCc1cc(Cl)cnc1F. The van der Waals surface area contributed by atoms with Gasteiger partial charge in [-0.05, 0) is 39.7 Å². The first-order valence-electron chi connectivity index (χ1n) is 6.05. The van der Waals surface area contributed by atoms with Crippen molar-refractivity contribution >= 4 is 17.7 Å². The lowest BCUT2D eigenvalue weighted by Crippen LogP contribution is -2.33. The maximum absolute atomic E-state index is 13.3. The van der Waals surface area contributed by atoms with Gasteiger partial charge in [-0.2, -0.15) is 4.39 Å². The van der Waals surface area contributed by atoms with Crippen LogP contribution in [-0.4, -0.2) is 23.2 Å². The molecule has 6 heteroatoms. The smallest absolute Gasteiger partial charge is 0.407 e. The van der Waals surface area contributed by atoms with Crippen LogP contribution in [0.1, 0.15) is 32.8 Å². The summed E-state index contributed by atoms with van der Waals surface area (Å²) in [7, 11) is 0. The van der Waals surface area contributed by atoms with Crippen molar-refractivity contribution in [3.05, 3.63) is 28.8 Å². The number of alkyl carbamates (subject to hydrolysis) is 1.